The van der Waals surface area contributed by atoms with Crippen molar-refractivity contribution >= 4 is 5.82 Å². The van der Waals surface area contributed by atoms with Gasteiger partial charge in [0.25, 0.3) is 0 Å². The van der Waals surface area contributed by atoms with Gasteiger partial charge in [-0.15, -0.1) is 0 Å². The zero-order valence-corrected chi connectivity index (χ0v) is 15.2. The summed E-state index contributed by atoms with van der Waals surface area (Å²) in [5.74, 6) is 1.50. The Kier molecular flexibility index (Phi) is 4.90. The number of ether oxygens (including phenoxy) is 1. The lowest BCUT2D eigenvalue weighted by molar-refractivity contribution is -0.0276. The zero-order chi connectivity index (χ0) is 17.4. The van der Waals surface area contributed by atoms with Gasteiger partial charge in [0, 0.05) is 37.2 Å². The van der Waals surface area contributed by atoms with E-state index in [4.69, 9.17) is 10.5 Å². The van der Waals surface area contributed by atoms with Crippen LogP contribution in [0.25, 0.3) is 0 Å². The highest BCUT2D eigenvalue weighted by atomic mass is 16.5. The van der Waals surface area contributed by atoms with Gasteiger partial charge in [-0.05, 0) is 39.5 Å². The molecule has 7 heteroatoms. The third kappa shape index (κ3) is 3.65. The van der Waals surface area contributed by atoms with E-state index >= 15 is 0 Å². The second-order valence-corrected chi connectivity index (χ2v) is 7.95. The normalized spacial score (nSPS) is 35.4. The van der Waals surface area contributed by atoms with Crippen molar-refractivity contribution in [3.63, 3.8) is 0 Å². The number of fused-ring (bicyclic) bond motifs is 1. The molecule has 4 N–H and O–H groups in total. The Balaban J connectivity index is 1.49. The maximum Gasteiger partial charge on any atom is 0.132 e. The summed E-state index contributed by atoms with van der Waals surface area (Å²) in [6.45, 7) is 6.09. The van der Waals surface area contributed by atoms with Crippen LogP contribution in [-0.2, 0) is 4.74 Å². The Hall–Kier alpha value is -1.28. The SMILES string of the molecule is CC(C)OC1CCC2NNC(c3cc(N4CC[C@H](N)C4)ncn3)C2C1. The van der Waals surface area contributed by atoms with Crippen molar-refractivity contribution in [1.29, 1.82) is 0 Å². The van der Waals surface area contributed by atoms with Crippen molar-refractivity contribution in [2.24, 2.45) is 11.7 Å². The van der Waals surface area contributed by atoms with Gasteiger partial charge >= 0.3 is 0 Å². The standard InChI is InChI=1S/C18H30N6O/c1-11(2)25-13-3-4-15-14(7-13)18(23-22-15)16-8-17(21-10-20-16)24-6-5-12(19)9-24/h8,10-15,18,22-23H,3-7,9,19H2,1-2H3/t12-,13?,14?,15?,18?/m0/s1. The summed E-state index contributed by atoms with van der Waals surface area (Å²) in [6, 6.07) is 3.09. The van der Waals surface area contributed by atoms with Crippen molar-refractivity contribution in [3.8, 4) is 0 Å². The van der Waals surface area contributed by atoms with Crippen LogP contribution in [0.5, 0.6) is 0 Å². The molecule has 0 amide bonds. The number of nitrogens with one attached hydrogen (secondary N) is 2. The first kappa shape index (κ1) is 17.1. The van der Waals surface area contributed by atoms with E-state index < -0.39 is 0 Å². The van der Waals surface area contributed by atoms with Crippen molar-refractivity contribution in [2.45, 2.75) is 69.9 Å². The highest BCUT2D eigenvalue weighted by molar-refractivity contribution is 5.41. The van der Waals surface area contributed by atoms with Gasteiger partial charge in [0.15, 0.2) is 0 Å². The predicted octanol–water partition coefficient (Wildman–Crippen LogP) is 1.13. The Morgan fingerprint density at radius 1 is 1.24 bits per heavy atom. The summed E-state index contributed by atoms with van der Waals surface area (Å²) in [5, 5.41) is 0. The third-order valence-electron chi connectivity index (χ3n) is 5.71. The molecule has 4 rings (SSSR count). The Bertz CT molecular complexity index is 597. The van der Waals surface area contributed by atoms with Crippen molar-refractivity contribution in [3.05, 3.63) is 18.1 Å². The molecule has 2 saturated heterocycles. The first-order valence-corrected chi connectivity index (χ1v) is 9.59. The summed E-state index contributed by atoms with van der Waals surface area (Å²) in [6.07, 6.45) is 6.69. The lowest BCUT2D eigenvalue weighted by atomic mass is 9.79. The first-order chi connectivity index (χ1) is 12.1. The van der Waals surface area contributed by atoms with Crippen molar-refractivity contribution < 1.29 is 4.74 Å². The molecule has 1 saturated carbocycles. The van der Waals surface area contributed by atoms with Gasteiger partial charge in [0.2, 0.25) is 0 Å². The quantitative estimate of drug-likeness (QED) is 0.753. The molecule has 0 aromatic carbocycles. The molecule has 1 aromatic heterocycles. The van der Waals surface area contributed by atoms with Gasteiger partial charge in [-0.2, -0.15) is 0 Å². The average Bonchev–Trinajstić information content (AvgIpc) is 3.20. The monoisotopic (exact) mass is 346 g/mol. The maximum atomic E-state index is 6.09. The summed E-state index contributed by atoms with van der Waals surface area (Å²) in [5.41, 5.74) is 14.1. The highest BCUT2D eigenvalue weighted by Crippen LogP contribution is 2.39. The number of rotatable bonds is 4. The summed E-state index contributed by atoms with van der Waals surface area (Å²) in [7, 11) is 0. The fourth-order valence-corrected chi connectivity index (χ4v) is 4.52. The Morgan fingerprint density at radius 3 is 2.88 bits per heavy atom. The molecule has 5 atom stereocenters. The number of hydrogen-bond donors (Lipinski definition) is 3. The lowest BCUT2D eigenvalue weighted by Gasteiger charge is -2.34. The number of aromatic nitrogens is 2. The van der Waals surface area contributed by atoms with E-state index in [-0.39, 0.29) is 18.2 Å². The number of hydrazine groups is 1. The fraction of sp³-hybridized carbons (Fsp3) is 0.778. The predicted molar refractivity (Wildman–Crippen MR) is 97.0 cm³/mol. The van der Waals surface area contributed by atoms with Gasteiger partial charge in [-0.25, -0.2) is 15.4 Å². The molecular weight excluding hydrogens is 316 g/mol. The van der Waals surface area contributed by atoms with E-state index in [1.807, 2.05) is 0 Å². The van der Waals surface area contributed by atoms with Crippen LogP contribution in [0.15, 0.2) is 12.4 Å². The molecule has 7 nitrogen and oxygen atoms in total. The number of nitrogens with two attached hydrogens (primary N) is 1. The number of nitrogens with zero attached hydrogens (tertiary/aromatic N) is 3. The molecule has 0 spiro atoms. The van der Waals surface area contributed by atoms with E-state index in [2.05, 4.69) is 45.6 Å². The van der Waals surface area contributed by atoms with Crippen molar-refractivity contribution in [1.82, 2.24) is 20.8 Å². The van der Waals surface area contributed by atoms with E-state index in [0.29, 0.717) is 18.1 Å². The first-order valence-electron chi connectivity index (χ1n) is 9.59. The molecule has 3 fully saturated rings. The van der Waals surface area contributed by atoms with Crippen LogP contribution in [0, 0.1) is 5.92 Å². The van der Waals surface area contributed by atoms with E-state index in [0.717, 1.165) is 50.3 Å². The molecule has 138 valence electrons. The van der Waals surface area contributed by atoms with E-state index in [9.17, 15) is 0 Å². The van der Waals surface area contributed by atoms with Gasteiger partial charge in [-0.3, -0.25) is 5.43 Å². The number of anilines is 1. The zero-order valence-electron chi connectivity index (χ0n) is 15.2. The third-order valence-corrected chi connectivity index (χ3v) is 5.71. The molecule has 2 aliphatic heterocycles. The van der Waals surface area contributed by atoms with Crippen LogP contribution in [0.1, 0.15) is 51.3 Å². The largest absolute Gasteiger partial charge is 0.376 e. The van der Waals surface area contributed by atoms with Crippen LogP contribution in [-0.4, -0.2) is 47.3 Å². The van der Waals surface area contributed by atoms with Crippen LogP contribution >= 0.6 is 0 Å². The van der Waals surface area contributed by atoms with Gasteiger partial charge in [0.1, 0.15) is 12.1 Å². The van der Waals surface area contributed by atoms with Crippen LogP contribution in [0.3, 0.4) is 0 Å². The van der Waals surface area contributed by atoms with Crippen LogP contribution in [0.4, 0.5) is 5.82 Å². The second-order valence-electron chi connectivity index (χ2n) is 7.95. The smallest absolute Gasteiger partial charge is 0.132 e. The topological polar surface area (TPSA) is 88.3 Å². The van der Waals surface area contributed by atoms with Crippen LogP contribution < -0.4 is 21.5 Å². The fourth-order valence-electron chi connectivity index (χ4n) is 4.52. The summed E-state index contributed by atoms with van der Waals surface area (Å²) in [4.78, 5) is 11.3. The van der Waals surface area contributed by atoms with Crippen molar-refractivity contribution in [2.75, 3.05) is 18.0 Å². The molecule has 4 unspecified atom stereocenters. The van der Waals surface area contributed by atoms with Crippen LogP contribution in [0.2, 0.25) is 0 Å². The number of hydrogen-bond acceptors (Lipinski definition) is 7. The summed E-state index contributed by atoms with van der Waals surface area (Å²) < 4.78 is 6.09. The molecule has 1 aliphatic carbocycles. The molecule has 25 heavy (non-hydrogen) atoms. The molecule has 3 heterocycles. The minimum Gasteiger partial charge on any atom is -0.376 e. The summed E-state index contributed by atoms with van der Waals surface area (Å²) >= 11 is 0. The molecular formula is C18H30N6O. The molecule has 0 radical (unpaired) electrons. The minimum absolute atomic E-state index is 0.210. The van der Waals surface area contributed by atoms with E-state index in [1.165, 1.54) is 0 Å². The van der Waals surface area contributed by atoms with Gasteiger partial charge in [0.05, 0.1) is 23.9 Å². The second kappa shape index (κ2) is 7.15. The Labute approximate surface area is 149 Å². The Morgan fingerprint density at radius 2 is 2.12 bits per heavy atom. The van der Waals surface area contributed by atoms with E-state index in [1.54, 1.807) is 6.33 Å². The lowest BCUT2D eigenvalue weighted by Crippen LogP contribution is -2.38. The molecule has 0 bridgehead atoms. The maximum absolute atomic E-state index is 6.09. The highest BCUT2D eigenvalue weighted by Gasteiger charge is 2.42. The molecule has 1 aromatic rings. The van der Waals surface area contributed by atoms with Gasteiger partial charge < -0.3 is 15.4 Å². The average molecular weight is 346 g/mol. The van der Waals surface area contributed by atoms with Gasteiger partial charge in [-0.1, -0.05) is 0 Å². The minimum atomic E-state index is 0.210. The molecule has 3 aliphatic rings.